The van der Waals surface area contributed by atoms with E-state index in [9.17, 15) is 14.9 Å². The molecule has 1 atom stereocenters. The first-order valence-electron chi connectivity index (χ1n) is 6.96. The van der Waals surface area contributed by atoms with Crippen LogP contribution < -0.4 is 10.2 Å². The standard InChI is InChI=1S/C16H14ClN3O4/c1-11(24-14-8-6-13(17)7-9-14)16(21)19-18-10-12-4-2-3-5-15(12)20(22)23/h2-11H,1H3,(H,19,21). The second kappa shape index (κ2) is 8.07. The number of nitrogens with zero attached hydrogens (tertiary/aromatic N) is 2. The van der Waals surface area contributed by atoms with Gasteiger partial charge in [0, 0.05) is 11.1 Å². The number of nitro groups is 1. The van der Waals surface area contributed by atoms with Crippen molar-refractivity contribution in [2.24, 2.45) is 5.10 Å². The molecule has 2 aromatic rings. The number of carbonyl (C=O) groups is 1. The molecule has 2 rings (SSSR count). The third-order valence-corrected chi connectivity index (χ3v) is 3.26. The minimum Gasteiger partial charge on any atom is -0.481 e. The lowest BCUT2D eigenvalue weighted by Gasteiger charge is -2.12. The Labute approximate surface area is 143 Å². The van der Waals surface area contributed by atoms with E-state index in [0.29, 0.717) is 10.8 Å². The number of rotatable bonds is 6. The van der Waals surface area contributed by atoms with Crippen LogP contribution in [-0.2, 0) is 4.79 Å². The van der Waals surface area contributed by atoms with Gasteiger partial charge < -0.3 is 4.74 Å². The number of amides is 1. The summed E-state index contributed by atoms with van der Waals surface area (Å²) >= 11 is 5.77. The number of ether oxygens (including phenoxy) is 1. The van der Waals surface area contributed by atoms with Crippen molar-refractivity contribution in [1.82, 2.24) is 5.43 Å². The lowest BCUT2D eigenvalue weighted by atomic mass is 10.2. The van der Waals surface area contributed by atoms with Crippen LogP contribution >= 0.6 is 11.6 Å². The Morgan fingerprint density at radius 2 is 1.96 bits per heavy atom. The zero-order valence-corrected chi connectivity index (χ0v) is 13.4. The van der Waals surface area contributed by atoms with Crippen LogP contribution in [0.5, 0.6) is 5.75 Å². The second-order valence-corrected chi connectivity index (χ2v) is 5.20. The highest BCUT2D eigenvalue weighted by atomic mass is 35.5. The highest BCUT2D eigenvalue weighted by Gasteiger charge is 2.14. The Bertz CT molecular complexity index is 762. The molecule has 0 aromatic heterocycles. The highest BCUT2D eigenvalue weighted by Crippen LogP contribution is 2.17. The van der Waals surface area contributed by atoms with E-state index in [1.54, 1.807) is 43.3 Å². The van der Waals surface area contributed by atoms with Gasteiger partial charge in [-0.1, -0.05) is 23.7 Å². The Kier molecular flexibility index (Phi) is 5.86. The summed E-state index contributed by atoms with van der Waals surface area (Å²) in [5.41, 5.74) is 2.48. The van der Waals surface area contributed by atoms with Crippen molar-refractivity contribution in [1.29, 1.82) is 0 Å². The largest absolute Gasteiger partial charge is 0.481 e. The minimum atomic E-state index is -0.797. The van der Waals surface area contributed by atoms with Crippen LogP contribution in [-0.4, -0.2) is 23.1 Å². The van der Waals surface area contributed by atoms with Crippen molar-refractivity contribution in [2.75, 3.05) is 0 Å². The summed E-state index contributed by atoms with van der Waals surface area (Å²) in [6.07, 6.45) is 0.416. The number of halogens is 1. The molecule has 1 N–H and O–H groups in total. The maximum absolute atomic E-state index is 11.9. The lowest BCUT2D eigenvalue weighted by Crippen LogP contribution is -2.33. The van der Waals surface area contributed by atoms with E-state index in [1.807, 2.05) is 0 Å². The molecule has 24 heavy (non-hydrogen) atoms. The van der Waals surface area contributed by atoms with Crippen molar-refractivity contribution in [3.63, 3.8) is 0 Å². The van der Waals surface area contributed by atoms with Crippen LogP contribution in [0.4, 0.5) is 5.69 Å². The summed E-state index contributed by atoms with van der Waals surface area (Å²) in [7, 11) is 0. The Hall–Kier alpha value is -2.93. The van der Waals surface area contributed by atoms with Crippen molar-refractivity contribution >= 4 is 29.4 Å². The van der Waals surface area contributed by atoms with E-state index in [4.69, 9.17) is 16.3 Å². The molecule has 0 saturated carbocycles. The molecular weight excluding hydrogens is 334 g/mol. The summed E-state index contributed by atoms with van der Waals surface area (Å²) < 4.78 is 5.44. The van der Waals surface area contributed by atoms with Crippen LogP contribution in [0.3, 0.4) is 0 Å². The van der Waals surface area contributed by atoms with Crippen LogP contribution in [0.2, 0.25) is 5.02 Å². The fourth-order valence-corrected chi connectivity index (χ4v) is 1.92. The highest BCUT2D eigenvalue weighted by molar-refractivity contribution is 6.30. The average Bonchev–Trinajstić information content (AvgIpc) is 2.57. The zero-order valence-electron chi connectivity index (χ0n) is 12.7. The van der Waals surface area contributed by atoms with Gasteiger partial charge in [0.25, 0.3) is 11.6 Å². The van der Waals surface area contributed by atoms with Crippen LogP contribution in [0.1, 0.15) is 12.5 Å². The van der Waals surface area contributed by atoms with Gasteiger partial charge >= 0.3 is 0 Å². The number of hydrogen-bond acceptors (Lipinski definition) is 5. The Morgan fingerprint density at radius 1 is 1.29 bits per heavy atom. The van der Waals surface area contributed by atoms with Crippen LogP contribution in [0, 0.1) is 10.1 Å². The number of benzene rings is 2. The minimum absolute atomic E-state index is 0.0963. The maximum Gasteiger partial charge on any atom is 0.280 e. The first-order valence-corrected chi connectivity index (χ1v) is 7.33. The van der Waals surface area contributed by atoms with Crippen molar-refractivity contribution in [3.05, 3.63) is 69.2 Å². The smallest absolute Gasteiger partial charge is 0.280 e. The molecule has 0 bridgehead atoms. The number of carbonyl (C=O) groups excluding carboxylic acids is 1. The van der Waals surface area contributed by atoms with Gasteiger partial charge in [0.15, 0.2) is 6.10 Å². The number of hydrogen-bond donors (Lipinski definition) is 1. The van der Waals surface area contributed by atoms with E-state index < -0.39 is 16.9 Å². The first kappa shape index (κ1) is 17.4. The molecule has 0 spiro atoms. The van der Waals surface area contributed by atoms with E-state index in [2.05, 4.69) is 10.5 Å². The quantitative estimate of drug-likeness (QED) is 0.493. The Balaban J connectivity index is 1.95. The fourth-order valence-electron chi connectivity index (χ4n) is 1.79. The second-order valence-electron chi connectivity index (χ2n) is 4.76. The van der Waals surface area contributed by atoms with Crippen LogP contribution in [0.15, 0.2) is 53.6 Å². The Morgan fingerprint density at radius 3 is 2.62 bits per heavy atom. The van der Waals surface area contributed by atoms with Crippen molar-refractivity contribution < 1.29 is 14.5 Å². The van der Waals surface area contributed by atoms with Gasteiger partial charge in [-0.2, -0.15) is 5.10 Å². The van der Waals surface area contributed by atoms with E-state index >= 15 is 0 Å². The van der Waals surface area contributed by atoms with Gasteiger partial charge in [-0.3, -0.25) is 14.9 Å². The zero-order chi connectivity index (χ0) is 17.5. The summed E-state index contributed by atoms with van der Waals surface area (Å²) in [5.74, 6) is 0.00418. The summed E-state index contributed by atoms with van der Waals surface area (Å²) in [6.45, 7) is 1.56. The van der Waals surface area contributed by atoms with Gasteiger partial charge in [0.05, 0.1) is 16.7 Å². The molecule has 0 radical (unpaired) electrons. The van der Waals surface area contributed by atoms with Crippen molar-refractivity contribution in [2.45, 2.75) is 13.0 Å². The summed E-state index contributed by atoms with van der Waals surface area (Å²) in [5, 5.41) is 15.2. The van der Waals surface area contributed by atoms with Crippen LogP contribution in [0.25, 0.3) is 0 Å². The first-order chi connectivity index (χ1) is 11.5. The number of nitro benzene ring substituents is 1. The molecule has 2 aromatic carbocycles. The summed E-state index contributed by atoms with van der Waals surface area (Å²) in [4.78, 5) is 22.3. The molecule has 0 heterocycles. The lowest BCUT2D eigenvalue weighted by molar-refractivity contribution is -0.385. The maximum atomic E-state index is 11.9. The van der Waals surface area contributed by atoms with Gasteiger partial charge in [-0.15, -0.1) is 0 Å². The number of para-hydroxylation sites is 1. The molecule has 124 valence electrons. The SMILES string of the molecule is CC(Oc1ccc(Cl)cc1)C(=O)NN=Cc1ccccc1[N+](=O)[O-]. The molecule has 0 aliphatic rings. The van der Waals surface area contributed by atoms with Crippen molar-refractivity contribution in [3.8, 4) is 5.75 Å². The molecule has 0 aliphatic carbocycles. The third kappa shape index (κ3) is 4.79. The van der Waals surface area contributed by atoms with Gasteiger partial charge in [0.2, 0.25) is 0 Å². The van der Waals surface area contributed by atoms with Gasteiger partial charge in [0.1, 0.15) is 5.75 Å². The van der Waals surface area contributed by atoms with E-state index in [1.165, 1.54) is 18.3 Å². The molecule has 0 fully saturated rings. The topological polar surface area (TPSA) is 93.8 Å². The van der Waals surface area contributed by atoms with Gasteiger partial charge in [-0.05, 0) is 37.3 Å². The predicted molar refractivity (Wildman–Crippen MR) is 90.4 cm³/mol. The molecule has 8 heteroatoms. The predicted octanol–water partition coefficient (Wildman–Crippen LogP) is 3.17. The third-order valence-electron chi connectivity index (χ3n) is 3.01. The number of hydrazone groups is 1. The monoisotopic (exact) mass is 347 g/mol. The summed E-state index contributed by atoms with van der Waals surface area (Å²) in [6, 6.07) is 12.7. The average molecular weight is 348 g/mol. The molecule has 1 unspecified atom stereocenters. The van der Waals surface area contributed by atoms with E-state index in [-0.39, 0.29) is 11.3 Å². The molecule has 7 nitrogen and oxygen atoms in total. The van der Waals surface area contributed by atoms with Gasteiger partial charge in [-0.25, -0.2) is 5.43 Å². The fraction of sp³-hybridized carbons (Fsp3) is 0.125. The molecule has 0 aliphatic heterocycles. The molecule has 1 amide bonds. The normalized spacial score (nSPS) is 11.9. The molecule has 0 saturated heterocycles. The van der Waals surface area contributed by atoms with E-state index in [0.717, 1.165) is 0 Å². The number of nitrogens with one attached hydrogen (secondary N) is 1. The molecular formula is C16H14ClN3O4.